The number of benzene rings is 1. The Morgan fingerprint density at radius 2 is 1.74 bits per heavy atom. The molecular weight excluding hydrogens is 412 g/mol. The zero-order valence-corrected chi connectivity index (χ0v) is 20.3. The van der Waals surface area contributed by atoms with Crippen LogP contribution in [0.1, 0.15) is 61.3 Å². The van der Waals surface area contributed by atoms with Gasteiger partial charge in [0.05, 0.1) is 10.3 Å². The highest BCUT2D eigenvalue weighted by Gasteiger charge is 2.66. The van der Waals surface area contributed by atoms with Crippen LogP contribution in [0.15, 0.2) is 45.9 Å². The predicted octanol–water partition coefficient (Wildman–Crippen LogP) is 4.73. The molecule has 0 radical (unpaired) electrons. The van der Waals surface area contributed by atoms with Gasteiger partial charge in [-0.1, -0.05) is 34.6 Å². The monoisotopic (exact) mass is 446 g/mol. The Hall–Kier alpha value is -2.48. The first-order valence-electron chi connectivity index (χ1n) is 10.3. The fourth-order valence-electron chi connectivity index (χ4n) is 3.97. The maximum Gasteiger partial charge on any atom is 0.262 e. The van der Waals surface area contributed by atoms with E-state index < -0.39 is 15.4 Å². The second-order valence-electron chi connectivity index (χ2n) is 10.2. The Balaban J connectivity index is 2.09. The maximum absolute atomic E-state index is 13.1. The third-order valence-corrected chi connectivity index (χ3v) is 6.81. The van der Waals surface area contributed by atoms with Crippen LogP contribution in [0.5, 0.6) is 0 Å². The SMILES string of the molecule is CC(=N)/C=C(C)\N=C\NS(=O)(=O)c1ccc(NC(=O)C2(CC(C)(C)C)CC2(C)C)cc1. The van der Waals surface area contributed by atoms with Gasteiger partial charge in [0.2, 0.25) is 5.91 Å². The Morgan fingerprint density at radius 3 is 2.19 bits per heavy atom. The molecule has 0 aromatic heterocycles. The van der Waals surface area contributed by atoms with Gasteiger partial charge in [-0.2, -0.15) is 0 Å². The molecule has 1 atom stereocenters. The number of hydrogen-bond donors (Lipinski definition) is 3. The molecule has 1 saturated carbocycles. The third kappa shape index (κ3) is 6.26. The molecule has 2 rings (SSSR count). The minimum atomic E-state index is -3.78. The van der Waals surface area contributed by atoms with E-state index >= 15 is 0 Å². The highest BCUT2D eigenvalue weighted by atomic mass is 32.2. The van der Waals surface area contributed by atoms with Gasteiger partial charge < -0.3 is 10.7 Å². The lowest BCUT2D eigenvalue weighted by Crippen LogP contribution is -2.32. The molecule has 1 aromatic carbocycles. The minimum absolute atomic E-state index is 0.0166. The number of carbonyl (C=O) groups excluding carboxylic acids is 1. The summed E-state index contributed by atoms with van der Waals surface area (Å²) >= 11 is 0. The quantitative estimate of drug-likeness (QED) is 0.396. The van der Waals surface area contributed by atoms with Gasteiger partial charge in [-0.05, 0) is 67.9 Å². The van der Waals surface area contributed by atoms with Crippen molar-refractivity contribution in [3.63, 3.8) is 0 Å². The van der Waals surface area contributed by atoms with E-state index in [9.17, 15) is 13.2 Å². The zero-order valence-electron chi connectivity index (χ0n) is 19.5. The summed E-state index contributed by atoms with van der Waals surface area (Å²) < 4.78 is 27.2. The number of nitrogens with zero attached hydrogens (tertiary/aromatic N) is 1. The van der Waals surface area contributed by atoms with Crippen molar-refractivity contribution >= 4 is 33.7 Å². The zero-order chi connectivity index (χ0) is 23.7. The molecule has 0 saturated heterocycles. The normalized spacial score (nSPS) is 21.1. The van der Waals surface area contributed by atoms with Gasteiger partial charge in [0.25, 0.3) is 10.0 Å². The van der Waals surface area contributed by atoms with E-state index in [1.165, 1.54) is 18.2 Å². The number of hydrogen-bond acceptors (Lipinski definition) is 5. The van der Waals surface area contributed by atoms with Crippen molar-refractivity contribution < 1.29 is 13.2 Å². The number of nitrogens with one attached hydrogen (secondary N) is 3. The van der Waals surface area contributed by atoms with Crippen LogP contribution >= 0.6 is 0 Å². The average molecular weight is 447 g/mol. The van der Waals surface area contributed by atoms with E-state index in [0.717, 1.165) is 19.2 Å². The summed E-state index contributed by atoms with van der Waals surface area (Å²) in [6, 6.07) is 6.08. The summed E-state index contributed by atoms with van der Waals surface area (Å²) in [7, 11) is -3.78. The van der Waals surface area contributed by atoms with Crippen molar-refractivity contribution in [2.45, 2.75) is 66.2 Å². The second kappa shape index (κ2) is 8.57. The number of amides is 1. The van der Waals surface area contributed by atoms with Gasteiger partial charge in [-0.15, -0.1) is 0 Å². The van der Waals surface area contributed by atoms with Crippen LogP contribution in [0.3, 0.4) is 0 Å². The highest BCUT2D eigenvalue weighted by Crippen LogP contribution is 2.68. The van der Waals surface area contributed by atoms with Crippen LogP contribution in [-0.4, -0.2) is 26.4 Å². The number of carbonyl (C=O) groups is 1. The van der Waals surface area contributed by atoms with Crippen LogP contribution < -0.4 is 10.0 Å². The predicted molar refractivity (Wildman–Crippen MR) is 126 cm³/mol. The minimum Gasteiger partial charge on any atom is -0.326 e. The second-order valence-corrected chi connectivity index (χ2v) is 11.9. The van der Waals surface area contributed by atoms with E-state index in [0.29, 0.717) is 17.1 Å². The molecule has 8 heteroatoms. The molecule has 1 amide bonds. The molecule has 3 N–H and O–H groups in total. The van der Waals surface area contributed by atoms with Crippen LogP contribution in [0, 0.1) is 21.7 Å². The molecule has 1 aliphatic rings. The molecule has 0 bridgehead atoms. The third-order valence-electron chi connectivity index (χ3n) is 5.50. The van der Waals surface area contributed by atoms with Crippen LogP contribution in [0.4, 0.5) is 5.69 Å². The summed E-state index contributed by atoms with van der Waals surface area (Å²) in [5, 5.41) is 10.3. The van der Waals surface area contributed by atoms with Crippen molar-refractivity contribution in [1.29, 1.82) is 5.41 Å². The number of allylic oxidation sites excluding steroid dienone is 2. The summed E-state index contributed by atoms with van der Waals surface area (Å²) in [6.07, 6.45) is 4.24. The summed E-state index contributed by atoms with van der Waals surface area (Å²) in [5.74, 6) is -0.0166. The molecule has 0 heterocycles. The number of sulfonamides is 1. The van der Waals surface area contributed by atoms with Crippen molar-refractivity contribution in [1.82, 2.24) is 4.72 Å². The molecule has 0 spiro atoms. The lowest BCUT2D eigenvalue weighted by molar-refractivity contribution is -0.123. The standard InChI is InChI=1S/C23H34N4O3S/c1-16(24)12-17(2)25-15-26-31(29,30)19-10-8-18(9-11-19)27-20(28)23(13-21(3,4)5)14-22(23,6)7/h8-12,15,24H,13-14H2,1-7H3,(H,25,26)(H,27,28)/b17-12-,24-16?. The molecule has 0 aliphatic heterocycles. The topological polar surface area (TPSA) is 111 Å². The molecular formula is C23H34N4O3S. The molecule has 1 aliphatic carbocycles. The number of aliphatic imine (C=N–C) groups is 1. The van der Waals surface area contributed by atoms with Crippen molar-refractivity contribution in [3.8, 4) is 0 Å². The van der Waals surface area contributed by atoms with Crippen molar-refractivity contribution in [3.05, 3.63) is 36.0 Å². The van der Waals surface area contributed by atoms with E-state index in [1.807, 2.05) is 0 Å². The first-order chi connectivity index (χ1) is 14.1. The van der Waals surface area contributed by atoms with Gasteiger partial charge in [0, 0.05) is 17.1 Å². The fourth-order valence-corrected chi connectivity index (χ4v) is 4.79. The smallest absolute Gasteiger partial charge is 0.262 e. The van der Waals surface area contributed by atoms with Gasteiger partial charge >= 0.3 is 0 Å². The van der Waals surface area contributed by atoms with Gasteiger partial charge in [0.15, 0.2) is 0 Å². The van der Waals surface area contributed by atoms with Crippen LogP contribution in [0.2, 0.25) is 0 Å². The van der Waals surface area contributed by atoms with Crippen molar-refractivity contribution in [2.24, 2.45) is 21.2 Å². The molecule has 1 unspecified atom stereocenters. The van der Waals surface area contributed by atoms with Gasteiger partial charge in [0.1, 0.15) is 6.34 Å². The fraction of sp³-hybridized carbons (Fsp3) is 0.522. The number of rotatable bonds is 8. The molecule has 1 aromatic rings. The maximum atomic E-state index is 13.1. The number of anilines is 1. The lowest BCUT2D eigenvalue weighted by Gasteiger charge is -2.28. The summed E-state index contributed by atoms with van der Waals surface area (Å²) in [4.78, 5) is 17.1. The summed E-state index contributed by atoms with van der Waals surface area (Å²) in [6.45, 7) is 13.9. The Labute approximate surface area is 186 Å². The van der Waals surface area contributed by atoms with Crippen molar-refractivity contribution in [2.75, 3.05) is 5.32 Å². The highest BCUT2D eigenvalue weighted by molar-refractivity contribution is 7.90. The largest absolute Gasteiger partial charge is 0.326 e. The van der Waals surface area contributed by atoms with Gasteiger partial charge in [-0.3, -0.25) is 9.52 Å². The first kappa shape index (κ1) is 24.8. The van der Waals surface area contributed by atoms with E-state index in [2.05, 4.69) is 49.6 Å². The molecule has 170 valence electrons. The van der Waals surface area contributed by atoms with Crippen LogP contribution in [0.25, 0.3) is 0 Å². The van der Waals surface area contributed by atoms with Crippen LogP contribution in [-0.2, 0) is 14.8 Å². The average Bonchev–Trinajstić information content (AvgIpc) is 3.14. The molecule has 1 fully saturated rings. The molecule has 7 nitrogen and oxygen atoms in total. The van der Waals surface area contributed by atoms with E-state index in [1.54, 1.807) is 26.0 Å². The Morgan fingerprint density at radius 1 is 1.19 bits per heavy atom. The Kier molecular flexibility index (Phi) is 6.85. The lowest BCUT2D eigenvalue weighted by atomic mass is 9.78. The van der Waals surface area contributed by atoms with Gasteiger partial charge in [-0.25, -0.2) is 13.4 Å². The Bertz CT molecular complexity index is 1020. The first-order valence-corrected chi connectivity index (χ1v) is 11.8. The summed E-state index contributed by atoms with van der Waals surface area (Å²) in [5.41, 5.74) is 0.970. The molecule has 31 heavy (non-hydrogen) atoms. The van der Waals surface area contributed by atoms with E-state index in [4.69, 9.17) is 5.41 Å². The van der Waals surface area contributed by atoms with E-state index in [-0.39, 0.29) is 21.6 Å².